The van der Waals surface area contributed by atoms with E-state index < -0.39 is 30.7 Å². The summed E-state index contributed by atoms with van der Waals surface area (Å²) >= 11 is 0. The van der Waals surface area contributed by atoms with Crippen LogP contribution in [0.15, 0.2) is 0 Å². The summed E-state index contributed by atoms with van der Waals surface area (Å²) in [4.78, 5) is 0. The van der Waals surface area contributed by atoms with Crippen LogP contribution in [0.5, 0.6) is 0 Å². The SMILES string of the molecule is CC(C)CC(C)O[C@@H]1O[C@@H](C)[C@H](O)[C@@H](O)[C@H]1O. The van der Waals surface area contributed by atoms with E-state index in [0.29, 0.717) is 5.92 Å². The van der Waals surface area contributed by atoms with E-state index in [4.69, 9.17) is 9.47 Å². The minimum Gasteiger partial charge on any atom is -0.388 e. The van der Waals surface area contributed by atoms with Gasteiger partial charge in [-0.15, -0.1) is 0 Å². The van der Waals surface area contributed by atoms with Crippen molar-refractivity contribution in [2.75, 3.05) is 0 Å². The zero-order chi connectivity index (χ0) is 13.2. The van der Waals surface area contributed by atoms with Crippen LogP contribution in [0.4, 0.5) is 0 Å². The molecule has 0 aromatic heterocycles. The molecule has 5 heteroatoms. The zero-order valence-electron chi connectivity index (χ0n) is 10.9. The van der Waals surface area contributed by atoms with Crippen molar-refractivity contribution in [1.82, 2.24) is 0 Å². The standard InChI is InChI=1S/C12H24O5/c1-6(2)5-7(3)16-12-11(15)10(14)9(13)8(4)17-12/h6-15H,5H2,1-4H3/t7?,8-,9-,10+,11+,12+/m0/s1. The van der Waals surface area contributed by atoms with Crippen LogP contribution in [0, 0.1) is 5.92 Å². The van der Waals surface area contributed by atoms with E-state index in [9.17, 15) is 15.3 Å². The molecule has 1 aliphatic heterocycles. The van der Waals surface area contributed by atoms with Gasteiger partial charge in [-0.3, -0.25) is 0 Å². The molecule has 1 fully saturated rings. The Hall–Kier alpha value is -0.200. The first-order chi connectivity index (χ1) is 7.82. The Labute approximate surface area is 102 Å². The van der Waals surface area contributed by atoms with Crippen LogP contribution in [0.25, 0.3) is 0 Å². The van der Waals surface area contributed by atoms with Gasteiger partial charge in [-0.2, -0.15) is 0 Å². The van der Waals surface area contributed by atoms with E-state index in [1.807, 2.05) is 6.92 Å². The lowest BCUT2D eigenvalue weighted by molar-refractivity contribution is -0.303. The molecule has 0 aromatic carbocycles. The first-order valence-corrected chi connectivity index (χ1v) is 6.18. The smallest absolute Gasteiger partial charge is 0.186 e. The van der Waals surface area contributed by atoms with Crippen molar-refractivity contribution in [3.63, 3.8) is 0 Å². The largest absolute Gasteiger partial charge is 0.388 e. The number of aliphatic hydroxyl groups is 3. The predicted octanol–water partition coefficient (Wildman–Crippen LogP) is 0.265. The zero-order valence-corrected chi connectivity index (χ0v) is 10.9. The van der Waals surface area contributed by atoms with Crippen molar-refractivity contribution in [1.29, 1.82) is 0 Å². The number of ether oxygens (including phenoxy) is 2. The molecular weight excluding hydrogens is 224 g/mol. The maximum Gasteiger partial charge on any atom is 0.186 e. The number of hydrogen-bond acceptors (Lipinski definition) is 5. The summed E-state index contributed by atoms with van der Waals surface area (Å²) in [6.07, 6.45) is -4.17. The van der Waals surface area contributed by atoms with Gasteiger partial charge in [0.15, 0.2) is 6.29 Å². The third kappa shape index (κ3) is 3.89. The fourth-order valence-corrected chi connectivity index (χ4v) is 2.07. The van der Waals surface area contributed by atoms with E-state index in [-0.39, 0.29) is 6.10 Å². The monoisotopic (exact) mass is 248 g/mol. The van der Waals surface area contributed by atoms with E-state index in [1.54, 1.807) is 6.92 Å². The Bertz CT molecular complexity index is 233. The summed E-state index contributed by atoms with van der Waals surface area (Å²) < 4.78 is 10.9. The van der Waals surface area contributed by atoms with Crippen LogP contribution in [-0.2, 0) is 9.47 Å². The Balaban J connectivity index is 2.53. The lowest BCUT2D eigenvalue weighted by Gasteiger charge is -2.40. The summed E-state index contributed by atoms with van der Waals surface area (Å²) in [6.45, 7) is 7.71. The lowest BCUT2D eigenvalue weighted by Crippen LogP contribution is -2.57. The Morgan fingerprint density at radius 3 is 2.18 bits per heavy atom. The van der Waals surface area contributed by atoms with E-state index in [1.165, 1.54) is 0 Å². The van der Waals surface area contributed by atoms with Crippen molar-refractivity contribution in [3.8, 4) is 0 Å². The minimum atomic E-state index is -1.23. The molecule has 0 aromatic rings. The van der Waals surface area contributed by atoms with Crippen molar-refractivity contribution in [3.05, 3.63) is 0 Å². The lowest BCUT2D eigenvalue weighted by atomic mass is 10.00. The first kappa shape index (κ1) is 14.9. The maximum atomic E-state index is 9.75. The Kier molecular flexibility index (Phi) is 5.34. The second-order valence-corrected chi connectivity index (χ2v) is 5.26. The third-order valence-electron chi connectivity index (χ3n) is 2.98. The highest BCUT2D eigenvalue weighted by atomic mass is 16.7. The molecule has 1 saturated heterocycles. The van der Waals surface area contributed by atoms with Crippen LogP contribution in [-0.4, -0.2) is 52.1 Å². The van der Waals surface area contributed by atoms with E-state index in [2.05, 4.69) is 13.8 Å². The molecular formula is C12H24O5. The van der Waals surface area contributed by atoms with Gasteiger partial charge in [0, 0.05) is 0 Å². The van der Waals surface area contributed by atoms with Crippen molar-refractivity contribution in [2.45, 2.75) is 70.9 Å². The van der Waals surface area contributed by atoms with Crippen LogP contribution >= 0.6 is 0 Å². The van der Waals surface area contributed by atoms with Gasteiger partial charge in [-0.1, -0.05) is 13.8 Å². The summed E-state index contributed by atoms with van der Waals surface area (Å²) in [7, 11) is 0. The fraction of sp³-hybridized carbons (Fsp3) is 1.00. The molecule has 5 nitrogen and oxygen atoms in total. The molecule has 17 heavy (non-hydrogen) atoms. The van der Waals surface area contributed by atoms with Crippen LogP contribution in [0.1, 0.15) is 34.1 Å². The fourth-order valence-electron chi connectivity index (χ4n) is 2.07. The second kappa shape index (κ2) is 6.11. The molecule has 3 N–H and O–H groups in total. The third-order valence-corrected chi connectivity index (χ3v) is 2.98. The average molecular weight is 248 g/mol. The summed E-state index contributed by atoms with van der Waals surface area (Å²) in [5, 5.41) is 28.9. The van der Waals surface area contributed by atoms with Gasteiger partial charge in [0.1, 0.15) is 18.3 Å². The van der Waals surface area contributed by atoms with Gasteiger partial charge >= 0.3 is 0 Å². The van der Waals surface area contributed by atoms with Gasteiger partial charge in [0.25, 0.3) is 0 Å². The van der Waals surface area contributed by atoms with Gasteiger partial charge in [-0.25, -0.2) is 0 Å². The van der Waals surface area contributed by atoms with Crippen molar-refractivity contribution in [2.24, 2.45) is 5.92 Å². The highest BCUT2D eigenvalue weighted by Crippen LogP contribution is 2.23. The highest BCUT2D eigenvalue weighted by molar-refractivity contribution is 4.87. The second-order valence-electron chi connectivity index (χ2n) is 5.26. The molecule has 6 atom stereocenters. The molecule has 1 heterocycles. The molecule has 1 aliphatic rings. The van der Waals surface area contributed by atoms with Crippen molar-refractivity contribution < 1.29 is 24.8 Å². The Morgan fingerprint density at radius 2 is 1.65 bits per heavy atom. The molecule has 0 bridgehead atoms. The van der Waals surface area contributed by atoms with Crippen LogP contribution < -0.4 is 0 Å². The van der Waals surface area contributed by atoms with E-state index in [0.717, 1.165) is 6.42 Å². The van der Waals surface area contributed by atoms with Gasteiger partial charge in [0.2, 0.25) is 0 Å². The van der Waals surface area contributed by atoms with Crippen LogP contribution in [0.2, 0.25) is 0 Å². The molecule has 1 unspecified atom stereocenters. The van der Waals surface area contributed by atoms with Gasteiger partial charge in [0.05, 0.1) is 12.2 Å². The number of hydrogen-bond donors (Lipinski definition) is 3. The normalized spacial score (nSPS) is 40.6. The number of rotatable bonds is 4. The Morgan fingerprint density at radius 1 is 1.06 bits per heavy atom. The summed E-state index contributed by atoms with van der Waals surface area (Å²) in [5.74, 6) is 0.485. The first-order valence-electron chi connectivity index (χ1n) is 6.18. The van der Waals surface area contributed by atoms with Gasteiger partial charge in [-0.05, 0) is 26.2 Å². The van der Waals surface area contributed by atoms with Crippen LogP contribution in [0.3, 0.4) is 0 Å². The summed E-state index contributed by atoms with van der Waals surface area (Å²) in [5.41, 5.74) is 0. The molecule has 0 spiro atoms. The molecule has 0 aliphatic carbocycles. The average Bonchev–Trinajstić information content (AvgIpc) is 2.21. The summed E-state index contributed by atoms with van der Waals surface area (Å²) in [6, 6.07) is 0. The minimum absolute atomic E-state index is 0.0655. The predicted molar refractivity (Wildman–Crippen MR) is 62.4 cm³/mol. The van der Waals surface area contributed by atoms with Crippen molar-refractivity contribution >= 4 is 0 Å². The highest BCUT2D eigenvalue weighted by Gasteiger charge is 2.42. The topological polar surface area (TPSA) is 79.2 Å². The quantitative estimate of drug-likeness (QED) is 0.665. The van der Waals surface area contributed by atoms with E-state index >= 15 is 0 Å². The van der Waals surface area contributed by atoms with Gasteiger partial charge < -0.3 is 24.8 Å². The molecule has 0 amide bonds. The molecule has 102 valence electrons. The molecule has 0 radical (unpaired) electrons. The molecule has 1 rings (SSSR count). The number of aliphatic hydroxyl groups excluding tert-OH is 3. The molecule has 0 saturated carbocycles. The maximum absolute atomic E-state index is 9.75.